The quantitative estimate of drug-likeness (QED) is 0.535. The van der Waals surface area contributed by atoms with Crippen LogP contribution in [0.5, 0.6) is 0 Å². The Balaban J connectivity index is 1.82. The average Bonchev–Trinajstić information content (AvgIpc) is 2.93. The van der Waals surface area contributed by atoms with Gasteiger partial charge < -0.3 is 4.74 Å². The zero-order valence-corrected chi connectivity index (χ0v) is 11.7. The van der Waals surface area contributed by atoms with Crippen molar-refractivity contribution in [1.82, 2.24) is 4.98 Å². The number of hydrogen-bond donors (Lipinski definition) is 0. The number of hydrogen-bond acceptors (Lipinski definition) is 5. The number of nitrogens with zero attached hydrogens (tertiary/aromatic N) is 1. The monoisotopic (exact) mass is 319 g/mol. The molecule has 2 aromatic carbocycles. The van der Waals surface area contributed by atoms with Crippen molar-refractivity contribution in [2.75, 3.05) is 0 Å². The number of carbonyl (C=O) groups excluding carboxylic acids is 2. The molecule has 0 aliphatic carbocycles. The molecule has 1 heterocycles. The maximum Gasteiger partial charge on any atom is 0.346 e. The Morgan fingerprint density at radius 3 is 2.36 bits per heavy atom. The van der Waals surface area contributed by atoms with Crippen molar-refractivity contribution in [2.24, 2.45) is 0 Å². The SMILES string of the molecule is O=C(OC(=O)c1ccc2ncsc2c1)c1cc(F)cc(F)c1. The summed E-state index contributed by atoms with van der Waals surface area (Å²) < 4.78 is 31.5. The molecule has 22 heavy (non-hydrogen) atoms. The van der Waals surface area contributed by atoms with Gasteiger partial charge in [-0.25, -0.2) is 23.4 Å². The van der Waals surface area contributed by atoms with E-state index in [9.17, 15) is 18.4 Å². The van der Waals surface area contributed by atoms with E-state index in [4.69, 9.17) is 0 Å². The summed E-state index contributed by atoms with van der Waals surface area (Å²) in [6, 6.07) is 6.83. The summed E-state index contributed by atoms with van der Waals surface area (Å²) in [6.07, 6.45) is 0. The van der Waals surface area contributed by atoms with Gasteiger partial charge in [0.2, 0.25) is 0 Å². The first-order valence-electron chi connectivity index (χ1n) is 6.09. The van der Waals surface area contributed by atoms with Gasteiger partial charge in [-0.2, -0.15) is 0 Å². The topological polar surface area (TPSA) is 56.3 Å². The van der Waals surface area contributed by atoms with Gasteiger partial charge in [-0.15, -0.1) is 11.3 Å². The maximum atomic E-state index is 13.0. The van der Waals surface area contributed by atoms with Crippen LogP contribution in [-0.4, -0.2) is 16.9 Å². The summed E-state index contributed by atoms with van der Waals surface area (Å²) in [7, 11) is 0. The molecule has 0 atom stereocenters. The summed E-state index contributed by atoms with van der Waals surface area (Å²) >= 11 is 1.34. The van der Waals surface area contributed by atoms with Crippen LogP contribution in [0, 0.1) is 11.6 Å². The number of benzene rings is 2. The highest BCUT2D eigenvalue weighted by Gasteiger charge is 2.17. The van der Waals surface area contributed by atoms with Crippen LogP contribution in [-0.2, 0) is 4.74 Å². The van der Waals surface area contributed by atoms with Crippen LogP contribution in [0.4, 0.5) is 8.78 Å². The molecule has 0 saturated heterocycles. The Kier molecular flexibility index (Phi) is 3.64. The van der Waals surface area contributed by atoms with Crippen molar-refractivity contribution in [3.63, 3.8) is 0 Å². The second-order valence-corrected chi connectivity index (χ2v) is 5.26. The van der Waals surface area contributed by atoms with Crippen molar-refractivity contribution in [3.8, 4) is 0 Å². The number of rotatable bonds is 2. The third-order valence-corrected chi connectivity index (χ3v) is 3.64. The number of carbonyl (C=O) groups is 2. The fourth-order valence-electron chi connectivity index (χ4n) is 1.86. The Morgan fingerprint density at radius 1 is 0.955 bits per heavy atom. The Bertz CT molecular complexity index is 871. The van der Waals surface area contributed by atoms with Crippen LogP contribution in [0.25, 0.3) is 10.2 Å². The van der Waals surface area contributed by atoms with Crippen molar-refractivity contribution in [1.29, 1.82) is 0 Å². The van der Waals surface area contributed by atoms with Crippen LogP contribution in [0.2, 0.25) is 0 Å². The minimum atomic E-state index is -1.12. The fraction of sp³-hybridized carbons (Fsp3) is 0. The number of thiazole rings is 1. The number of fused-ring (bicyclic) bond motifs is 1. The molecule has 4 nitrogen and oxygen atoms in total. The van der Waals surface area contributed by atoms with Crippen LogP contribution in [0.3, 0.4) is 0 Å². The lowest BCUT2D eigenvalue weighted by Gasteiger charge is -2.04. The number of ether oxygens (including phenoxy) is 1. The maximum absolute atomic E-state index is 13.0. The van der Waals surface area contributed by atoms with Crippen molar-refractivity contribution in [3.05, 3.63) is 64.7 Å². The molecule has 0 N–H and O–H groups in total. The summed E-state index contributed by atoms with van der Waals surface area (Å²) in [6.45, 7) is 0. The lowest BCUT2D eigenvalue weighted by Crippen LogP contribution is -2.13. The van der Waals surface area contributed by atoms with Gasteiger partial charge in [0.1, 0.15) is 11.6 Å². The zero-order valence-electron chi connectivity index (χ0n) is 10.9. The molecule has 0 fully saturated rings. The molecule has 0 amide bonds. The highest BCUT2D eigenvalue weighted by Crippen LogP contribution is 2.20. The predicted octanol–water partition coefficient (Wildman–Crippen LogP) is 3.57. The third kappa shape index (κ3) is 2.84. The van der Waals surface area contributed by atoms with Crippen molar-refractivity contribution in [2.45, 2.75) is 0 Å². The summed E-state index contributed by atoms with van der Waals surface area (Å²) in [5, 5.41) is 0. The van der Waals surface area contributed by atoms with Gasteiger partial charge in [0.25, 0.3) is 0 Å². The van der Waals surface area contributed by atoms with Crippen LogP contribution in [0.1, 0.15) is 20.7 Å². The van der Waals surface area contributed by atoms with E-state index < -0.39 is 23.6 Å². The van der Waals surface area contributed by atoms with Crippen molar-refractivity contribution < 1.29 is 23.1 Å². The van der Waals surface area contributed by atoms with E-state index in [1.54, 1.807) is 11.6 Å². The van der Waals surface area contributed by atoms with E-state index >= 15 is 0 Å². The summed E-state index contributed by atoms with van der Waals surface area (Å²) in [5.41, 5.74) is 2.13. The first-order chi connectivity index (χ1) is 10.5. The molecular weight excluding hydrogens is 312 g/mol. The molecule has 7 heteroatoms. The zero-order chi connectivity index (χ0) is 15.7. The van der Waals surface area contributed by atoms with Crippen LogP contribution < -0.4 is 0 Å². The first-order valence-corrected chi connectivity index (χ1v) is 6.97. The van der Waals surface area contributed by atoms with E-state index in [0.29, 0.717) is 6.07 Å². The third-order valence-electron chi connectivity index (χ3n) is 2.85. The normalized spacial score (nSPS) is 10.6. The van der Waals surface area contributed by atoms with Crippen molar-refractivity contribution >= 4 is 33.5 Å². The standard InChI is InChI=1S/C15H7F2NO3S/c16-10-3-9(4-11(17)6-10)15(20)21-14(19)8-1-2-12-13(5-8)22-7-18-12/h1-7H. The van der Waals surface area contributed by atoms with E-state index in [1.807, 2.05) is 0 Å². The summed E-state index contributed by atoms with van der Waals surface area (Å²) in [5.74, 6) is -3.87. The smallest absolute Gasteiger partial charge is 0.346 e. The Morgan fingerprint density at radius 2 is 1.64 bits per heavy atom. The number of esters is 2. The average molecular weight is 319 g/mol. The molecule has 0 unspecified atom stereocenters. The van der Waals surface area contributed by atoms with E-state index in [1.165, 1.54) is 23.5 Å². The second kappa shape index (κ2) is 5.61. The van der Waals surface area contributed by atoms with Gasteiger partial charge >= 0.3 is 11.9 Å². The van der Waals surface area contributed by atoms with Crippen LogP contribution >= 0.6 is 11.3 Å². The van der Waals surface area contributed by atoms with Gasteiger partial charge in [-0.05, 0) is 30.3 Å². The molecule has 0 radical (unpaired) electrons. The highest BCUT2D eigenvalue weighted by atomic mass is 32.1. The molecule has 0 aliphatic rings. The number of aromatic nitrogens is 1. The molecule has 0 spiro atoms. The highest BCUT2D eigenvalue weighted by molar-refractivity contribution is 7.16. The Hall–Kier alpha value is -2.67. The minimum Gasteiger partial charge on any atom is -0.386 e. The molecular formula is C15H7F2NO3S. The molecule has 3 rings (SSSR count). The van der Waals surface area contributed by atoms with E-state index in [-0.39, 0.29) is 11.1 Å². The number of halogens is 2. The van der Waals surface area contributed by atoms with E-state index in [2.05, 4.69) is 9.72 Å². The van der Waals surface area contributed by atoms with Gasteiger partial charge in [0.15, 0.2) is 0 Å². The first kappa shape index (κ1) is 14.3. The molecule has 1 aromatic heterocycles. The largest absolute Gasteiger partial charge is 0.386 e. The molecule has 0 bridgehead atoms. The predicted molar refractivity (Wildman–Crippen MR) is 75.7 cm³/mol. The molecule has 3 aromatic rings. The van der Waals surface area contributed by atoms with Gasteiger partial charge in [0.05, 0.1) is 26.9 Å². The molecule has 0 saturated carbocycles. The fourth-order valence-corrected chi connectivity index (χ4v) is 2.57. The Labute approximate surface area is 127 Å². The van der Waals surface area contributed by atoms with Crippen LogP contribution in [0.15, 0.2) is 41.9 Å². The lowest BCUT2D eigenvalue weighted by molar-refractivity contribution is 0.0397. The molecule has 0 aliphatic heterocycles. The minimum absolute atomic E-state index is 0.155. The van der Waals surface area contributed by atoms with Gasteiger partial charge in [-0.3, -0.25) is 0 Å². The summed E-state index contributed by atoms with van der Waals surface area (Å²) in [4.78, 5) is 27.7. The lowest BCUT2D eigenvalue weighted by atomic mass is 10.2. The van der Waals surface area contributed by atoms with E-state index in [0.717, 1.165) is 22.3 Å². The van der Waals surface area contributed by atoms with Gasteiger partial charge in [-0.1, -0.05) is 0 Å². The molecule has 110 valence electrons. The van der Waals surface area contributed by atoms with Gasteiger partial charge in [0, 0.05) is 6.07 Å². The second-order valence-electron chi connectivity index (χ2n) is 4.37.